The molecule has 2 unspecified atom stereocenters. The zero-order valence-electron chi connectivity index (χ0n) is 8.21. The number of nitrogens with zero attached hydrogens (tertiary/aromatic N) is 1. The van der Waals surface area contributed by atoms with Gasteiger partial charge in [0.05, 0.1) is 25.3 Å². The molecule has 0 rings (SSSR count). The lowest BCUT2D eigenvalue weighted by molar-refractivity contribution is -0.158. The zero-order valence-corrected chi connectivity index (χ0v) is 8.21. The number of hydrogen-bond donors (Lipinski definition) is 2. The first-order chi connectivity index (χ1) is 6.95. The molecule has 0 amide bonds. The van der Waals surface area contributed by atoms with Gasteiger partial charge in [0.25, 0.3) is 0 Å². The number of aliphatic hydroxyl groups excluding tert-OH is 1. The molecule has 0 aliphatic heterocycles. The van der Waals surface area contributed by atoms with E-state index in [1.165, 1.54) is 7.11 Å². The Morgan fingerprint density at radius 1 is 1.53 bits per heavy atom. The van der Waals surface area contributed by atoms with Gasteiger partial charge < -0.3 is 15.2 Å². The van der Waals surface area contributed by atoms with Gasteiger partial charge in [0, 0.05) is 13.7 Å². The van der Waals surface area contributed by atoms with E-state index in [0.717, 1.165) is 6.07 Å². The van der Waals surface area contributed by atoms with Crippen molar-refractivity contribution in [1.29, 1.82) is 5.26 Å². The van der Waals surface area contributed by atoms with Gasteiger partial charge in [-0.3, -0.25) is 0 Å². The van der Waals surface area contributed by atoms with E-state index >= 15 is 0 Å². The van der Waals surface area contributed by atoms with E-state index in [9.17, 15) is 13.2 Å². The predicted molar refractivity (Wildman–Crippen MR) is 45.9 cm³/mol. The maximum atomic E-state index is 12.1. The van der Waals surface area contributed by atoms with E-state index in [-0.39, 0.29) is 13.2 Å². The molecule has 0 aromatic heterocycles. The number of nitriles is 1. The van der Waals surface area contributed by atoms with Crippen molar-refractivity contribution in [2.45, 2.75) is 12.2 Å². The van der Waals surface area contributed by atoms with Crippen molar-refractivity contribution in [1.82, 2.24) is 5.32 Å². The number of hydrogen-bond acceptors (Lipinski definition) is 4. The lowest BCUT2D eigenvalue weighted by Gasteiger charge is -2.18. The maximum absolute atomic E-state index is 12.1. The first kappa shape index (κ1) is 14.2. The Balaban J connectivity index is 4.06. The minimum atomic E-state index is -4.55. The smallest absolute Gasteiger partial charge is 0.395 e. The summed E-state index contributed by atoms with van der Waals surface area (Å²) in [5, 5.41) is 19.4. The van der Waals surface area contributed by atoms with Crippen LogP contribution in [0.5, 0.6) is 0 Å². The van der Waals surface area contributed by atoms with Crippen LogP contribution >= 0.6 is 0 Å². The minimum Gasteiger partial charge on any atom is -0.395 e. The number of nitrogens with one attached hydrogen (secondary N) is 1. The number of aliphatic hydroxyl groups is 1. The van der Waals surface area contributed by atoms with Gasteiger partial charge in [-0.05, 0) is 0 Å². The number of alkyl halides is 3. The van der Waals surface area contributed by atoms with Crippen LogP contribution in [-0.2, 0) is 4.74 Å². The van der Waals surface area contributed by atoms with Gasteiger partial charge in [0.15, 0.2) is 5.92 Å². The normalized spacial score (nSPS) is 15.7. The summed E-state index contributed by atoms with van der Waals surface area (Å²) in [5.74, 6) is -2.07. The van der Waals surface area contributed by atoms with Crippen LogP contribution in [0.25, 0.3) is 0 Å². The van der Waals surface area contributed by atoms with Gasteiger partial charge in [-0.15, -0.1) is 0 Å². The Labute approximate surface area is 85.6 Å². The highest BCUT2D eigenvalue weighted by atomic mass is 19.4. The van der Waals surface area contributed by atoms with E-state index in [1.54, 1.807) is 0 Å². The molecule has 4 nitrogen and oxygen atoms in total. The van der Waals surface area contributed by atoms with Crippen molar-refractivity contribution >= 4 is 0 Å². The lowest BCUT2D eigenvalue weighted by Crippen LogP contribution is -2.42. The quantitative estimate of drug-likeness (QED) is 0.683. The SMILES string of the molecule is COCC(CO)NCC(C#N)C(F)(F)F. The molecule has 7 heteroatoms. The van der Waals surface area contributed by atoms with Crippen LogP contribution < -0.4 is 5.32 Å². The molecule has 0 aliphatic carbocycles. The van der Waals surface area contributed by atoms with Crippen molar-refractivity contribution in [3.63, 3.8) is 0 Å². The van der Waals surface area contributed by atoms with E-state index < -0.39 is 24.7 Å². The predicted octanol–water partition coefficient (Wildman–Crippen LogP) is 0.285. The summed E-state index contributed by atoms with van der Waals surface area (Å²) in [7, 11) is 1.37. The molecule has 0 heterocycles. The molecule has 2 atom stereocenters. The molecule has 0 aliphatic rings. The topological polar surface area (TPSA) is 65.3 Å². The summed E-state index contributed by atoms with van der Waals surface area (Å²) < 4.78 is 41.0. The fraction of sp³-hybridized carbons (Fsp3) is 0.875. The summed E-state index contributed by atoms with van der Waals surface area (Å²) in [6, 6.07) is 0.564. The molecular formula is C8H13F3N2O2. The molecule has 0 saturated carbocycles. The second-order valence-corrected chi connectivity index (χ2v) is 2.97. The number of rotatable bonds is 6. The summed E-state index contributed by atoms with van der Waals surface area (Å²) in [6.45, 7) is -0.801. The highest BCUT2D eigenvalue weighted by molar-refractivity contribution is 4.90. The Morgan fingerprint density at radius 2 is 2.13 bits per heavy atom. The molecule has 0 saturated heterocycles. The largest absolute Gasteiger partial charge is 0.405 e. The van der Waals surface area contributed by atoms with Crippen molar-refractivity contribution in [2.24, 2.45) is 5.92 Å². The zero-order chi connectivity index (χ0) is 11.9. The van der Waals surface area contributed by atoms with Crippen LogP contribution in [-0.4, -0.2) is 44.2 Å². The number of halogens is 3. The Kier molecular flexibility index (Phi) is 6.24. The maximum Gasteiger partial charge on any atom is 0.405 e. The molecule has 2 N–H and O–H groups in total. The van der Waals surface area contributed by atoms with Crippen molar-refractivity contribution < 1.29 is 23.0 Å². The molecule has 0 fully saturated rings. The second kappa shape index (κ2) is 6.61. The van der Waals surface area contributed by atoms with Crippen molar-refractivity contribution in [3.8, 4) is 6.07 Å². The minimum absolute atomic E-state index is 0.0898. The molecule has 0 spiro atoms. The van der Waals surface area contributed by atoms with Crippen LogP contribution in [0.1, 0.15) is 0 Å². The summed E-state index contributed by atoms with van der Waals surface area (Å²) >= 11 is 0. The average molecular weight is 226 g/mol. The lowest BCUT2D eigenvalue weighted by atomic mass is 10.1. The fourth-order valence-electron chi connectivity index (χ4n) is 0.896. The van der Waals surface area contributed by atoms with Gasteiger partial charge in [-0.2, -0.15) is 18.4 Å². The second-order valence-electron chi connectivity index (χ2n) is 2.97. The van der Waals surface area contributed by atoms with E-state index in [1.807, 2.05) is 0 Å². The van der Waals surface area contributed by atoms with Crippen LogP contribution in [0.2, 0.25) is 0 Å². The van der Waals surface area contributed by atoms with Gasteiger partial charge in [-0.25, -0.2) is 0 Å². The molecule has 15 heavy (non-hydrogen) atoms. The van der Waals surface area contributed by atoms with Crippen LogP contribution in [0, 0.1) is 17.2 Å². The summed E-state index contributed by atoms with van der Waals surface area (Å²) in [4.78, 5) is 0. The van der Waals surface area contributed by atoms with E-state index in [2.05, 4.69) is 10.1 Å². The summed E-state index contributed by atoms with van der Waals surface area (Å²) in [6.07, 6.45) is -4.55. The summed E-state index contributed by atoms with van der Waals surface area (Å²) in [5.41, 5.74) is 0. The molecule has 88 valence electrons. The third-order valence-electron chi connectivity index (χ3n) is 1.75. The standard InChI is InChI=1S/C8H13F3N2O2/c1-15-5-7(4-14)13-3-6(2-12)8(9,10)11/h6-7,13-14H,3-5H2,1H3. The average Bonchev–Trinajstić information content (AvgIpc) is 2.15. The van der Waals surface area contributed by atoms with E-state index in [4.69, 9.17) is 10.4 Å². The first-order valence-electron chi connectivity index (χ1n) is 4.25. The van der Waals surface area contributed by atoms with Crippen molar-refractivity contribution in [2.75, 3.05) is 26.9 Å². The Morgan fingerprint density at radius 3 is 2.47 bits per heavy atom. The highest BCUT2D eigenvalue weighted by Gasteiger charge is 2.39. The number of methoxy groups -OCH3 is 1. The molecule has 0 bridgehead atoms. The van der Waals surface area contributed by atoms with Gasteiger partial charge >= 0.3 is 6.18 Å². The van der Waals surface area contributed by atoms with E-state index in [0.29, 0.717) is 0 Å². The van der Waals surface area contributed by atoms with Gasteiger partial charge in [0.2, 0.25) is 0 Å². The molecule has 0 radical (unpaired) electrons. The Bertz CT molecular complexity index is 215. The third-order valence-corrected chi connectivity index (χ3v) is 1.75. The fourth-order valence-corrected chi connectivity index (χ4v) is 0.896. The number of ether oxygens (including phenoxy) is 1. The molecular weight excluding hydrogens is 213 g/mol. The monoisotopic (exact) mass is 226 g/mol. The highest BCUT2D eigenvalue weighted by Crippen LogP contribution is 2.24. The molecule has 0 aromatic carbocycles. The van der Waals surface area contributed by atoms with Crippen LogP contribution in [0.15, 0.2) is 0 Å². The van der Waals surface area contributed by atoms with Crippen LogP contribution in [0.4, 0.5) is 13.2 Å². The third kappa shape index (κ3) is 5.57. The Hall–Kier alpha value is -0.840. The van der Waals surface area contributed by atoms with Gasteiger partial charge in [0.1, 0.15) is 0 Å². The molecule has 0 aromatic rings. The first-order valence-corrected chi connectivity index (χ1v) is 4.25. The van der Waals surface area contributed by atoms with Crippen molar-refractivity contribution in [3.05, 3.63) is 0 Å². The van der Waals surface area contributed by atoms with Crippen LogP contribution in [0.3, 0.4) is 0 Å². The van der Waals surface area contributed by atoms with Gasteiger partial charge in [-0.1, -0.05) is 0 Å².